The second-order valence-corrected chi connectivity index (χ2v) is 6.03. The van der Waals surface area contributed by atoms with Gasteiger partial charge in [-0.2, -0.15) is 0 Å². The highest BCUT2D eigenvalue weighted by Gasteiger charge is 2.06. The predicted molar refractivity (Wildman–Crippen MR) is 105 cm³/mol. The fourth-order valence-electron chi connectivity index (χ4n) is 2.59. The fraction of sp³-hybridized carbons (Fsp3) is 0.333. The Balaban J connectivity index is 1.53. The van der Waals surface area contributed by atoms with Gasteiger partial charge < -0.3 is 24.3 Å². The molecule has 28 heavy (non-hydrogen) atoms. The van der Waals surface area contributed by atoms with E-state index in [-0.39, 0.29) is 0 Å². The van der Waals surface area contributed by atoms with Crippen LogP contribution < -0.4 is 10.5 Å². The van der Waals surface area contributed by atoms with Crippen molar-refractivity contribution in [2.75, 3.05) is 26.4 Å². The number of nitrogens with two attached hydrogens (primary N) is 1. The van der Waals surface area contributed by atoms with E-state index < -0.39 is 0 Å². The Morgan fingerprint density at radius 2 is 2.00 bits per heavy atom. The van der Waals surface area contributed by atoms with Gasteiger partial charge in [-0.1, -0.05) is 18.0 Å². The molecular formula is C21H24N4O3. The molecule has 0 radical (unpaired) electrons. The van der Waals surface area contributed by atoms with Crippen molar-refractivity contribution < 1.29 is 14.0 Å². The van der Waals surface area contributed by atoms with E-state index in [2.05, 4.69) is 33.5 Å². The molecule has 3 aromatic rings. The van der Waals surface area contributed by atoms with Gasteiger partial charge in [0.05, 0.1) is 19.8 Å². The van der Waals surface area contributed by atoms with E-state index in [4.69, 9.17) is 19.7 Å². The molecule has 0 bridgehead atoms. The van der Waals surface area contributed by atoms with Crippen molar-refractivity contribution in [2.45, 2.75) is 19.9 Å². The largest absolute Gasteiger partial charge is 0.491 e. The minimum Gasteiger partial charge on any atom is -0.491 e. The number of hydrogen-bond donors (Lipinski definition) is 1. The summed E-state index contributed by atoms with van der Waals surface area (Å²) in [5.41, 5.74) is 7.04. The van der Waals surface area contributed by atoms with Crippen molar-refractivity contribution in [2.24, 2.45) is 5.73 Å². The number of aryl methyl sites for hydroxylation is 1. The van der Waals surface area contributed by atoms with E-state index in [0.717, 1.165) is 29.3 Å². The van der Waals surface area contributed by atoms with E-state index in [0.29, 0.717) is 38.7 Å². The molecule has 7 nitrogen and oxygen atoms in total. The minimum absolute atomic E-state index is 0.489. The summed E-state index contributed by atoms with van der Waals surface area (Å²) in [6.45, 7) is 4.76. The fourth-order valence-corrected chi connectivity index (χ4v) is 2.59. The normalized spacial score (nSPS) is 10.5. The molecule has 2 N–H and O–H groups in total. The number of aromatic nitrogens is 3. The summed E-state index contributed by atoms with van der Waals surface area (Å²) in [6, 6.07) is 9.41. The summed E-state index contributed by atoms with van der Waals surface area (Å²) < 4.78 is 18.2. The molecule has 0 amide bonds. The van der Waals surface area contributed by atoms with E-state index in [1.807, 2.05) is 36.5 Å². The smallest absolute Gasteiger partial charge is 0.210 e. The van der Waals surface area contributed by atoms with Crippen molar-refractivity contribution in [3.05, 3.63) is 65.6 Å². The molecule has 0 aliphatic carbocycles. The topological polar surface area (TPSA) is 88.3 Å². The first-order chi connectivity index (χ1) is 13.8. The first-order valence-electron chi connectivity index (χ1n) is 9.26. The number of benzene rings is 1. The van der Waals surface area contributed by atoms with Crippen LogP contribution in [0.4, 0.5) is 0 Å². The number of hydrogen-bond acceptors (Lipinski definition) is 6. The lowest BCUT2D eigenvalue weighted by atomic mass is 10.2. The molecular weight excluding hydrogens is 356 g/mol. The maximum Gasteiger partial charge on any atom is 0.210 e. The Bertz CT molecular complexity index is 919. The van der Waals surface area contributed by atoms with Crippen LogP contribution in [0.15, 0.2) is 47.2 Å². The first kappa shape index (κ1) is 19.7. The molecule has 0 aliphatic heterocycles. The quantitative estimate of drug-likeness (QED) is 0.452. The van der Waals surface area contributed by atoms with Crippen molar-refractivity contribution in [3.8, 4) is 17.6 Å². The summed E-state index contributed by atoms with van der Waals surface area (Å²) in [4.78, 5) is 4.31. The Morgan fingerprint density at radius 3 is 2.79 bits per heavy atom. The van der Waals surface area contributed by atoms with Gasteiger partial charge in [0.25, 0.3) is 0 Å². The Morgan fingerprint density at radius 1 is 1.14 bits per heavy atom. The second-order valence-electron chi connectivity index (χ2n) is 6.03. The molecule has 0 aliphatic rings. The lowest BCUT2D eigenvalue weighted by Gasteiger charge is -2.06. The van der Waals surface area contributed by atoms with Crippen LogP contribution in [-0.4, -0.2) is 41.1 Å². The zero-order valence-electron chi connectivity index (χ0n) is 15.9. The van der Waals surface area contributed by atoms with Crippen LogP contribution in [0, 0.1) is 11.8 Å². The third kappa shape index (κ3) is 5.71. The Hall–Kier alpha value is -3.08. The van der Waals surface area contributed by atoms with Gasteiger partial charge in [0.2, 0.25) is 5.76 Å². The predicted octanol–water partition coefficient (Wildman–Crippen LogP) is 2.24. The van der Waals surface area contributed by atoms with Crippen LogP contribution >= 0.6 is 0 Å². The van der Waals surface area contributed by atoms with E-state index >= 15 is 0 Å². The van der Waals surface area contributed by atoms with Gasteiger partial charge >= 0.3 is 0 Å². The highest BCUT2D eigenvalue weighted by atomic mass is 16.5. The molecule has 146 valence electrons. The lowest BCUT2D eigenvalue weighted by molar-refractivity contribution is 0.106. The number of rotatable bonds is 9. The van der Waals surface area contributed by atoms with Crippen molar-refractivity contribution >= 4 is 0 Å². The highest BCUT2D eigenvalue weighted by Crippen LogP contribution is 2.12. The standard InChI is InChI=1S/C21H24N4O3/c1-2-21-23-10-11-25(21)16-18-15-20(28-24-18)8-5-17-3-6-19(7-4-17)27-14-13-26-12-9-22/h3-4,6-7,10-11,15H,2,9,12-14,16,22H2,1H3. The molecule has 1 aromatic carbocycles. The lowest BCUT2D eigenvalue weighted by Crippen LogP contribution is -2.13. The van der Waals surface area contributed by atoms with Gasteiger partial charge in [-0.25, -0.2) is 4.98 Å². The Kier molecular flexibility index (Phi) is 7.24. The Labute approximate surface area is 164 Å². The van der Waals surface area contributed by atoms with Gasteiger partial charge in [-0.15, -0.1) is 0 Å². The molecule has 0 atom stereocenters. The van der Waals surface area contributed by atoms with Gasteiger partial charge in [0.1, 0.15) is 23.9 Å². The molecule has 2 heterocycles. The second kappa shape index (κ2) is 10.3. The van der Waals surface area contributed by atoms with Crippen LogP contribution in [0.2, 0.25) is 0 Å². The summed E-state index contributed by atoms with van der Waals surface area (Å²) in [7, 11) is 0. The maximum atomic E-state index is 5.59. The monoisotopic (exact) mass is 380 g/mol. The van der Waals surface area contributed by atoms with Gasteiger partial charge in [0, 0.05) is 37.0 Å². The average Bonchev–Trinajstić information content (AvgIpc) is 3.36. The first-order valence-corrected chi connectivity index (χ1v) is 9.26. The summed E-state index contributed by atoms with van der Waals surface area (Å²) in [5, 5.41) is 4.08. The number of imidazole rings is 1. The number of ether oxygens (including phenoxy) is 2. The minimum atomic E-state index is 0.489. The number of nitrogens with zero attached hydrogens (tertiary/aromatic N) is 3. The zero-order chi connectivity index (χ0) is 19.6. The van der Waals surface area contributed by atoms with E-state index in [1.54, 1.807) is 6.20 Å². The van der Waals surface area contributed by atoms with Gasteiger partial charge in [0.15, 0.2) is 0 Å². The van der Waals surface area contributed by atoms with Crippen LogP contribution in [0.3, 0.4) is 0 Å². The van der Waals surface area contributed by atoms with Crippen molar-refractivity contribution in [1.29, 1.82) is 0 Å². The summed E-state index contributed by atoms with van der Waals surface area (Å²) in [5.74, 6) is 8.39. The van der Waals surface area contributed by atoms with Crippen molar-refractivity contribution in [3.63, 3.8) is 0 Å². The molecule has 0 fully saturated rings. The van der Waals surface area contributed by atoms with Crippen LogP contribution in [0.25, 0.3) is 0 Å². The van der Waals surface area contributed by atoms with Crippen LogP contribution in [0.1, 0.15) is 29.8 Å². The molecule has 0 saturated heterocycles. The molecule has 3 rings (SSSR count). The summed E-state index contributed by atoms with van der Waals surface area (Å²) >= 11 is 0. The van der Waals surface area contributed by atoms with Gasteiger partial charge in [-0.05, 0) is 30.2 Å². The zero-order valence-corrected chi connectivity index (χ0v) is 15.9. The third-order valence-electron chi connectivity index (χ3n) is 3.95. The molecule has 0 spiro atoms. The average molecular weight is 380 g/mol. The maximum absolute atomic E-state index is 5.59. The summed E-state index contributed by atoms with van der Waals surface area (Å²) in [6.07, 6.45) is 4.60. The van der Waals surface area contributed by atoms with E-state index in [9.17, 15) is 0 Å². The highest BCUT2D eigenvalue weighted by molar-refractivity contribution is 5.41. The van der Waals surface area contributed by atoms with Crippen molar-refractivity contribution in [1.82, 2.24) is 14.7 Å². The van der Waals surface area contributed by atoms with Crippen LogP contribution in [0.5, 0.6) is 5.75 Å². The third-order valence-corrected chi connectivity index (χ3v) is 3.95. The van der Waals surface area contributed by atoms with Gasteiger partial charge in [-0.3, -0.25) is 0 Å². The molecule has 0 saturated carbocycles. The molecule has 2 aromatic heterocycles. The molecule has 7 heteroatoms. The van der Waals surface area contributed by atoms with Crippen LogP contribution in [-0.2, 0) is 17.7 Å². The SMILES string of the molecule is CCc1nccn1Cc1cc(C#Cc2ccc(OCCOCCN)cc2)on1. The molecule has 0 unspecified atom stereocenters. The van der Waals surface area contributed by atoms with E-state index in [1.165, 1.54) is 0 Å².